The number of nitrogens with zero attached hydrogens (tertiary/aromatic N) is 3. The maximum atomic E-state index is 12.3. The molecule has 4 rings (SSSR count). The van der Waals surface area contributed by atoms with E-state index in [0.717, 1.165) is 10.9 Å². The van der Waals surface area contributed by atoms with E-state index in [1.54, 1.807) is 0 Å². The second kappa shape index (κ2) is 11.4. The third kappa shape index (κ3) is 6.38. The third-order valence-electron chi connectivity index (χ3n) is 5.76. The number of H-pyrrole nitrogens is 1. The van der Waals surface area contributed by atoms with Crippen LogP contribution in [0.3, 0.4) is 0 Å². The number of nitrogen functional groups attached to an aromatic ring is 1. The molecule has 0 saturated carbocycles. The summed E-state index contributed by atoms with van der Waals surface area (Å²) in [6.07, 6.45) is -14.1. The Morgan fingerprint density at radius 3 is 2.36 bits per heavy atom. The molecule has 2 fully saturated rings. The second-order valence-corrected chi connectivity index (χ2v) is 11.8. The van der Waals surface area contributed by atoms with E-state index in [4.69, 9.17) is 15.2 Å². The van der Waals surface area contributed by atoms with Gasteiger partial charge in [-0.05, 0) is 0 Å². The standard InChI is InChI=1S/C16H25N5O15P2S/c17-16-19-12-6(13(27)20-16)18-3-21(12)14-10(25)7(22)4(33-14)1-32-37(28,29)36-38(30,31)35-15-11(26)9(24)8(23)5(2-39)34-15/h3-5,7-11,14-15,22-26,39H,1-2H2,(H,28,29)(H,30,31)(H3,17,19,20,27). The van der Waals surface area contributed by atoms with Crippen molar-refractivity contribution in [3.05, 3.63) is 16.7 Å². The lowest BCUT2D eigenvalue weighted by Gasteiger charge is -2.39. The van der Waals surface area contributed by atoms with Gasteiger partial charge < -0.3 is 50.5 Å². The minimum atomic E-state index is -5.54. The van der Waals surface area contributed by atoms with Crippen molar-refractivity contribution in [2.75, 3.05) is 18.1 Å². The Morgan fingerprint density at radius 1 is 1.03 bits per heavy atom. The molecule has 4 heterocycles. The van der Waals surface area contributed by atoms with Gasteiger partial charge in [-0.15, -0.1) is 0 Å². The Kier molecular flexibility index (Phi) is 8.89. The van der Waals surface area contributed by atoms with Crippen molar-refractivity contribution < 1.29 is 67.3 Å². The number of aromatic amines is 1. The number of phosphoric ester groups is 2. The van der Waals surface area contributed by atoms with Crippen LogP contribution in [0.1, 0.15) is 6.23 Å². The van der Waals surface area contributed by atoms with Crippen LogP contribution >= 0.6 is 28.3 Å². The SMILES string of the molecule is Nc1nc2c(ncn2C2OC(COP(=O)(O)OP(=O)(O)OC3OC(CS)C(O)C(O)C3O)C(O)C2O)c(=O)[nH]1. The zero-order chi connectivity index (χ0) is 28.9. The number of imidazole rings is 1. The molecule has 0 aromatic carbocycles. The highest BCUT2D eigenvalue weighted by Gasteiger charge is 2.49. The van der Waals surface area contributed by atoms with Gasteiger partial charge in [0.15, 0.2) is 23.7 Å². The molecule has 2 aromatic rings. The van der Waals surface area contributed by atoms with Crippen molar-refractivity contribution >= 4 is 45.4 Å². The number of ether oxygens (including phenoxy) is 2. The lowest BCUT2D eigenvalue weighted by atomic mass is 10.0. The summed E-state index contributed by atoms with van der Waals surface area (Å²) in [5.74, 6) is -0.469. The third-order valence-corrected chi connectivity index (χ3v) is 8.72. The van der Waals surface area contributed by atoms with Crippen LogP contribution in [0.15, 0.2) is 11.1 Å². The number of hydrogen-bond donors (Lipinski definition) is 10. The van der Waals surface area contributed by atoms with Gasteiger partial charge in [0.2, 0.25) is 5.95 Å². The van der Waals surface area contributed by atoms with Crippen LogP contribution in [-0.2, 0) is 32.0 Å². The molecular weight excluding hydrogens is 596 g/mol. The summed E-state index contributed by atoms with van der Waals surface area (Å²) in [6, 6.07) is 0. The first-order chi connectivity index (χ1) is 18.1. The van der Waals surface area contributed by atoms with Gasteiger partial charge in [0.25, 0.3) is 5.56 Å². The molecule has 220 valence electrons. The van der Waals surface area contributed by atoms with Crippen LogP contribution in [0.2, 0.25) is 0 Å². The first kappa shape index (κ1) is 30.4. The topological polar surface area (TPSA) is 311 Å². The van der Waals surface area contributed by atoms with Gasteiger partial charge in [-0.1, -0.05) is 0 Å². The summed E-state index contributed by atoms with van der Waals surface area (Å²) in [6.45, 7) is -0.972. The molecule has 10 N–H and O–H groups in total. The van der Waals surface area contributed by atoms with Gasteiger partial charge >= 0.3 is 15.6 Å². The predicted octanol–water partition coefficient (Wildman–Crippen LogP) is -3.69. The monoisotopic (exact) mass is 621 g/mol. The number of nitrogens with one attached hydrogen (secondary N) is 1. The number of aliphatic hydroxyl groups excluding tert-OH is 5. The van der Waals surface area contributed by atoms with E-state index < -0.39 is 83.1 Å². The van der Waals surface area contributed by atoms with E-state index in [2.05, 4.69) is 40.9 Å². The Labute approximate surface area is 222 Å². The molecular formula is C16H25N5O15P2S. The molecule has 2 saturated heterocycles. The number of fused-ring (bicyclic) bond motifs is 1. The summed E-state index contributed by atoms with van der Waals surface area (Å²) in [4.78, 5) is 41.8. The van der Waals surface area contributed by atoms with Crippen molar-refractivity contribution in [1.82, 2.24) is 19.5 Å². The van der Waals surface area contributed by atoms with Gasteiger partial charge in [0.1, 0.15) is 36.6 Å². The fourth-order valence-electron chi connectivity index (χ4n) is 3.85. The summed E-state index contributed by atoms with van der Waals surface area (Å²) in [7, 11) is -11.0. The minimum Gasteiger partial charge on any atom is -0.388 e. The van der Waals surface area contributed by atoms with E-state index in [9.17, 15) is 49.2 Å². The van der Waals surface area contributed by atoms with Crippen LogP contribution in [0.25, 0.3) is 11.2 Å². The number of aliphatic hydroxyl groups is 5. The van der Waals surface area contributed by atoms with Gasteiger partial charge in [0.05, 0.1) is 19.0 Å². The summed E-state index contributed by atoms with van der Waals surface area (Å²) >= 11 is 3.87. The van der Waals surface area contributed by atoms with E-state index in [1.807, 2.05) is 0 Å². The number of aromatic nitrogens is 4. The summed E-state index contributed by atoms with van der Waals surface area (Å²) < 4.78 is 49.5. The van der Waals surface area contributed by atoms with Crippen LogP contribution < -0.4 is 11.3 Å². The first-order valence-corrected chi connectivity index (χ1v) is 14.5. The largest absolute Gasteiger partial charge is 0.483 e. The molecule has 20 nitrogen and oxygen atoms in total. The van der Waals surface area contributed by atoms with Gasteiger partial charge in [-0.3, -0.25) is 23.4 Å². The molecule has 0 spiro atoms. The van der Waals surface area contributed by atoms with Crippen LogP contribution in [0.4, 0.5) is 5.95 Å². The van der Waals surface area contributed by atoms with E-state index >= 15 is 0 Å². The van der Waals surface area contributed by atoms with Crippen LogP contribution in [0.5, 0.6) is 0 Å². The Bertz CT molecular complexity index is 1340. The number of nitrogens with two attached hydrogens (primary N) is 1. The van der Waals surface area contributed by atoms with Gasteiger partial charge in [-0.2, -0.15) is 21.9 Å². The smallest absolute Gasteiger partial charge is 0.388 e. The number of hydrogen-bond acceptors (Lipinski definition) is 17. The second-order valence-electron chi connectivity index (χ2n) is 8.44. The van der Waals surface area contributed by atoms with Crippen LogP contribution in [0, 0.1) is 0 Å². The molecule has 2 aliphatic heterocycles. The Hall–Kier alpha value is -1.52. The first-order valence-electron chi connectivity index (χ1n) is 10.9. The molecule has 11 unspecified atom stereocenters. The van der Waals surface area contributed by atoms with Crippen molar-refractivity contribution in [3.8, 4) is 0 Å². The molecule has 11 atom stereocenters. The minimum absolute atomic E-state index is 0.103. The number of anilines is 1. The van der Waals surface area contributed by atoms with Crippen LogP contribution in [-0.4, -0.2) is 116 Å². The quantitative estimate of drug-likeness (QED) is 0.0951. The van der Waals surface area contributed by atoms with E-state index in [1.165, 1.54) is 0 Å². The summed E-state index contributed by atoms with van der Waals surface area (Å²) in [5.41, 5.74) is 4.58. The highest BCUT2D eigenvalue weighted by Crippen LogP contribution is 2.61. The maximum Gasteiger partial charge on any atom is 0.483 e. The van der Waals surface area contributed by atoms with Crippen molar-refractivity contribution in [2.24, 2.45) is 0 Å². The van der Waals surface area contributed by atoms with Crippen molar-refractivity contribution in [2.45, 2.75) is 55.2 Å². The zero-order valence-electron chi connectivity index (χ0n) is 19.3. The molecule has 2 aromatic heterocycles. The number of rotatable bonds is 9. The average Bonchev–Trinajstić information content (AvgIpc) is 3.38. The van der Waals surface area contributed by atoms with E-state index in [-0.39, 0.29) is 22.9 Å². The number of thiol groups is 1. The number of phosphoric acid groups is 2. The predicted molar refractivity (Wildman–Crippen MR) is 127 cm³/mol. The van der Waals surface area contributed by atoms with Crippen molar-refractivity contribution in [1.29, 1.82) is 0 Å². The van der Waals surface area contributed by atoms with E-state index in [0.29, 0.717) is 0 Å². The molecule has 23 heteroatoms. The average molecular weight is 621 g/mol. The summed E-state index contributed by atoms with van der Waals surface area (Å²) in [5, 5.41) is 50.4. The highest BCUT2D eigenvalue weighted by molar-refractivity contribution is 7.80. The highest BCUT2D eigenvalue weighted by atomic mass is 32.1. The normalized spacial score (nSPS) is 36.6. The fourth-order valence-corrected chi connectivity index (χ4v) is 6.31. The maximum absolute atomic E-state index is 12.3. The molecule has 39 heavy (non-hydrogen) atoms. The van der Waals surface area contributed by atoms with Gasteiger partial charge in [-0.25, -0.2) is 14.1 Å². The Morgan fingerprint density at radius 2 is 1.69 bits per heavy atom. The fraction of sp³-hybridized carbons (Fsp3) is 0.688. The molecule has 0 aliphatic carbocycles. The lowest BCUT2D eigenvalue weighted by molar-refractivity contribution is -0.270. The molecule has 0 radical (unpaired) electrons. The molecule has 0 bridgehead atoms. The molecule has 2 aliphatic rings. The molecule has 0 amide bonds. The van der Waals surface area contributed by atoms with Gasteiger partial charge in [0, 0.05) is 5.75 Å². The lowest BCUT2D eigenvalue weighted by Crippen LogP contribution is -2.58. The van der Waals surface area contributed by atoms with Crippen molar-refractivity contribution in [3.63, 3.8) is 0 Å². The zero-order valence-corrected chi connectivity index (χ0v) is 22.0. The Balaban J connectivity index is 1.39.